The zero-order chi connectivity index (χ0) is 18.3. The molecule has 2 saturated heterocycles. The Bertz CT molecular complexity index is 838. The van der Waals surface area contributed by atoms with Crippen molar-refractivity contribution in [2.45, 2.75) is 44.8 Å². The van der Waals surface area contributed by atoms with Gasteiger partial charge in [-0.25, -0.2) is 9.78 Å². The molecule has 2 fully saturated rings. The maximum atomic E-state index is 12.8. The van der Waals surface area contributed by atoms with E-state index in [1.54, 1.807) is 6.20 Å². The molecule has 4 heterocycles. The van der Waals surface area contributed by atoms with E-state index < -0.39 is 12.1 Å². The number of carbonyl (C=O) groups is 2. The van der Waals surface area contributed by atoms with E-state index in [-0.39, 0.29) is 12.0 Å². The number of ether oxygens (including phenoxy) is 1. The van der Waals surface area contributed by atoms with E-state index in [1.165, 1.54) is 0 Å². The summed E-state index contributed by atoms with van der Waals surface area (Å²) in [7, 11) is 0. The normalized spacial score (nSPS) is 24.3. The van der Waals surface area contributed by atoms with Crippen LogP contribution in [0.5, 0.6) is 0 Å². The van der Waals surface area contributed by atoms with Crippen molar-refractivity contribution >= 4 is 17.5 Å². The molecule has 26 heavy (non-hydrogen) atoms. The molecular weight excluding hydrogens is 334 g/mol. The second-order valence-electron chi connectivity index (χ2n) is 7.25. The van der Waals surface area contributed by atoms with E-state index in [1.807, 2.05) is 34.6 Å². The number of nitrogens with zero attached hydrogens (tertiary/aromatic N) is 3. The summed E-state index contributed by atoms with van der Waals surface area (Å²) in [5.41, 5.74) is 2.47. The third kappa shape index (κ3) is 3.07. The van der Waals surface area contributed by atoms with Gasteiger partial charge in [-0.1, -0.05) is 0 Å². The average molecular weight is 357 g/mol. The number of piperidine rings is 1. The van der Waals surface area contributed by atoms with Gasteiger partial charge in [0.05, 0.1) is 6.10 Å². The topological polar surface area (TPSA) is 84.1 Å². The van der Waals surface area contributed by atoms with Crippen molar-refractivity contribution in [2.75, 3.05) is 13.1 Å². The van der Waals surface area contributed by atoms with E-state index in [4.69, 9.17) is 9.84 Å². The fraction of sp³-hybridized carbons (Fsp3) is 0.526. The number of fused-ring (bicyclic) bond motifs is 1. The van der Waals surface area contributed by atoms with Crippen LogP contribution in [0.25, 0.3) is 5.65 Å². The Balaban J connectivity index is 1.38. The second kappa shape index (κ2) is 6.72. The number of imidazole rings is 1. The minimum Gasteiger partial charge on any atom is -0.479 e. The van der Waals surface area contributed by atoms with Gasteiger partial charge in [0.15, 0.2) is 6.10 Å². The summed E-state index contributed by atoms with van der Waals surface area (Å²) >= 11 is 0. The molecule has 2 aromatic heterocycles. The molecule has 2 aliphatic rings. The number of rotatable bonds is 3. The highest BCUT2D eigenvalue weighted by atomic mass is 16.5. The number of amides is 1. The predicted molar refractivity (Wildman–Crippen MR) is 94.1 cm³/mol. The Morgan fingerprint density at radius 3 is 2.69 bits per heavy atom. The van der Waals surface area contributed by atoms with Gasteiger partial charge in [-0.2, -0.15) is 0 Å². The van der Waals surface area contributed by atoms with Crippen LogP contribution in [0, 0.1) is 12.8 Å². The van der Waals surface area contributed by atoms with E-state index in [0.717, 1.165) is 30.6 Å². The molecule has 0 radical (unpaired) electrons. The van der Waals surface area contributed by atoms with Crippen LogP contribution in [-0.4, -0.2) is 56.6 Å². The number of hydrogen-bond acceptors (Lipinski definition) is 4. The van der Waals surface area contributed by atoms with Gasteiger partial charge >= 0.3 is 5.97 Å². The first-order valence-electron chi connectivity index (χ1n) is 9.14. The molecule has 0 spiro atoms. The van der Waals surface area contributed by atoms with Crippen LogP contribution in [0.1, 0.15) is 41.7 Å². The van der Waals surface area contributed by atoms with Crippen LogP contribution >= 0.6 is 0 Å². The summed E-state index contributed by atoms with van der Waals surface area (Å²) in [6.45, 7) is 3.34. The van der Waals surface area contributed by atoms with Crippen LogP contribution in [0.3, 0.4) is 0 Å². The first kappa shape index (κ1) is 17.0. The highest BCUT2D eigenvalue weighted by Gasteiger charge is 2.37. The molecule has 2 aliphatic heterocycles. The van der Waals surface area contributed by atoms with Crippen LogP contribution in [0.15, 0.2) is 24.5 Å². The highest BCUT2D eigenvalue weighted by Crippen LogP contribution is 2.32. The number of aromatic nitrogens is 2. The molecule has 0 unspecified atom stereocenters. The molecule has 1 N–H and O–H groups in total. The molecular formula is C19H23N3O4. The Labute approximate surface area is 151 Å². The van der Waals surface area contributed by atoms with Crippen molar-refractivity contribution in [3.8, 4) is 0 Å². The quantitative estimate of drug-likeness (QED) is 0.910. The van der Waals surface area contributed by atoms with E-state index >= 15 is 0 Å². The Hall–Kier alpha value is -2.41. The summed E-state index contributed by atoms with van der Waals surface area (Å²) in [5.74, 6) is -0.507. The van der Waals surface area contributed by atoms with Gasteiger partial charge in [-0.05, 0) is 50.7 Å². The van der Waals surface area contributed by atoms with Crippen molar-refractivity contribution in [1.82, 2.24) is 14.3 Å². The standard InChI is InChI=1S/C19H23N3O4/c1-12-11-20-17-10-14(6-9-22(12)17)18(23)21-7-4-13(5-8-21)15-2-3-16(26-15)19(24)25/h6,9-11,13,15-16H,2-5,7-8H2,1H3,(H,24,25)/t15-,16+/m0/s1. The molecule has 0 aliphatic carbocycles. The van der Waals surface area contributed by atoms with Crippen molar-refractivity contribution in [2.24, 2.45) is 5.92 Å². The van der Waals surface area contributed by atoms with Crippen LogP contribution in [0.2, 0.25) is 0 Å². The van der Waals surface area contributed by atoms with Gasteiger partial charge in [0.2, 0.25) is 0 Å². The minimum absolute atomic E-state index is 0.0117. The van der Waals surface area contributed by atoms with Gasteiger partial charge in [-0.3, -0.25) is 4.79 Å². The summed E-state index contributed by atoms with van der Waals surface area (Å²) < 4.78 is 7.64. The van der Waals surface area contributed by atoms with Crippen molar-refractivity contribution in [3.63, 3.8) is 0 Å². The van der Waals surface area contributed by atoms with E-state index in [0.29, 0.717) is 31.0 Å². The summed E-state index contributed by atoms with van der Waals surface area (Å²) in [6.07, 6.45) is 6.12. The molecule has 7 heteroatoms. The van der Waals surface area contributed by atoms with Gasteiger partial charge in [0.25, 0.3) is 5.91 Å². The summed E-state index contributed by atoms with van der Waals surface area (Å²) in [5, 5.41) is 9.06. The van der Waals surface area contributed by atoms with Crippen LogP contribution in [-0.2, 0) is 9.53 Å². The monoisotopic (exact) mass is 357 g/mol. The van der Waals surface area contributed by atoms with Crippen LogP contribution < -0.4 is 0 Å². The van der Waals surface area contributed by atoms with Crippen molar-refractivity contribution in [3.05, 3.63) is 35.8 Å². The number of aliphatic carboxylic acids is 1. The lowest BCUT2D eigenvalue weighted by molar-refractivity contribution is -0.150. The third-order valence-electron chi connectivity index (χ3n) is 5.63. The van der Waals surface area contributed by atoms with E-state index in [9.17, 15) is 9.59 Å². The molecule has 0 saturated carbocycles. The summed E-state index contributed by atoms with van der Waals surface area (Å²) in [6, 6.07) is 3.67. The smallest absolute Gasteiger partial charge is 0.332 e. The zero-order valence-corrected chi connectivity index (χ0v) is 14.8. The van der Waals surface area contributed by atoms with Gasteiger partial charge in [-0.15, -0.1) is 0 Å². The number of aryl methyl sites for hydroxylation is 1. The largest absolute Gasteiger partial charge is 0.479 e. The SMILES string of the molecule is Cc1cnc2cc(C(=O)N3CCC([C@@H]4CC[C@H](C(=O)O)O4)CC3)ccn12. The van der Waals surface area contributed by atoms with Crippen LogP contribution in [0.4, 0.5) is 0 Å². The molecule has 138 valence electrons. The van der Waals surface area contributed by atoms with E-state index in [2.05, 4.69) is 4.98 Å². The summed E-state index contributed by atoms with van der Waals surface area (Å²) in [4.78, 5) is 30.0. The van der Waals surface area contributed by atoms with Gasteiger partial charge in [0.1, 0.15) is 5.65 Å². The molecule has 1 amide bonds. The van der Waals surface area contributed by atoms with Gasteiger partial charge in [0, 0.05) is 36.7 Å². The number of carbonyl (C=O) groups excluding carboxylic acids is 1. The van der Waals surface area contributed by atoms with Crippen molar-refractivity contribution in [1.29, 1.82) is 0 Å². The second-order valence-corrected chi connectivity index (χ2v) is 7.25. The number of carboxylic acids is 1. The fourth-order valence-electron chi connectivity index (χ4n) is 4.09. The molecule has 4 rings (SSSR count). The lowest BCUT2D eigenvalue weighted by Gasteiger charge is -2.34. The number of carboxylic acid groups (broad SMARTS) is 1. The maximum absolute atomic E-state index is 12.8. The molecule has 0 aromatic carbocycles. The third-order valence-corrected chi connectivity index (χ3v) is 5.63. The average Bonchev–Trinajstić information content (AvgIpc) is 3.29. The number of pyridine rings is 1. The van der Waals surface area contributed by atoms with Crippen molar-refractivity contribution < 1.29 is 19.4 Å². The van der Waals surface area contributed by atoms with Gasteiger partial charge < -0.3 is 19.1 Å². The lowest BCUT2D eigenvalue weighted by Crippen LogP contribution is -2.41. The maximum Gasteiger partial charge on any atom is 0.332 e. The number of likely N-dealkylation sites (tertiary alicyclic amines) is 1. The Kier molecular flexibility index (Phi) is 4.40. The number of hydrogen-bond donors (Lipinski definition) is 1. The molecule has 2 atom stereocenters. The highest BCUT2D eigenvalue weighted by molar-refractivity contribution is 5.95. The Morgan fingerprint density at radius 1 is 1.23 bits per heavy atom. The first-order chi connectivity index (χ1) is 12.5. The Morgan fingerprint density at radius 2 is 2.00 bits per heavy atom. The predicted octanol–water partition coefficient (Wildman–Crippen LogP) is 2.13. The molecule has 0 bridgehead atoms. The zero-order valence-electron chi connectivity index (χ0n) is 14.8. The lowest BCUT2D eigenvalue weighted by atomic mass is 9.89. The fourth-order valence-corrected chi connectivity index (χ4v) is 4.09. The molecule has 7 nitrogen and oxygen atoms in total. The molecule has 2 aromatic rings. The first-order valence-corrected chi connectivity index (χ1v) is 9.14. The minimum atomic E-state index is -0.871.